The first-order valence-electron chi connectivity index (χ1n) is 9.47. The van der Waals surface area contributed by atoms with Crippen molar-refractivity contribution in [2.75, 3.05) is 5.32 Å². The molecule has 0 spiro atoms. The number of aromatic nitrogens is 4. The van der Waals surface area contributed by atoms with E-state index in [2.05, 4.69) is 15.5 Å². The molecule has 0 aliphatic rings. The van der Waals surface area contributed by atoms with E-state index in [4.69, 9.17) is 4.74 Å². The number of ether oxygens (including phenoxy) is 1. The highest BCUT2D eigenvalue weighted by atomic mass is 19.1. The van der Waals surface area contributed by atoms with Crippen LogP contribution in [0.25, 0.3) is 0 Å². The third kappa shape index (κ3) is 4.78. The Bertz CT molecular complexity index is 1270. The van der Waals surface area contributed by atoms with E-state index in [1.807, 2.05) is 0 Å². The van der Waals surface area contributed by atoms with E-state index in [9.17, 15) is 19.3 Å². The lowest BCUT2D eigenvalue weighted by Gasteiger charge is -2.06. The zero-order chi connectivity index (χ0) is 22.5. The molecule has 0 saturated carbocycles. The van der Waals surface area contributed by atoms with Gasteiger partial charge in [-0.1, -0.05) is 30.3 Å². The van der Waals surface area contributed by atoms with E-state index < -0.39 is 10.8 Å². The summed E-state index contributed by atoms with van der Waals surface area (Å²) < 4.78 is 22.1. The summed E-state index contributed by atoms with van der Waals surface area (Å²) in [4.78, 5) is 22.9. The van der Waals surface area contributed by atoms with Crippen LogP contribution in [0.2, 0.25) is 0 Å². The lowest BCUT2D eigenvalue weighted by Crippen LogP contribution is -2.15. The second kappa shape index (κ2) is 9.08. The SMILES string of the molecule is O=C(Nc1ccn(Cc2ccccc2F)n1)c1ccn(COc2ccccc2[N+](=O)[O-])n1. The summed E-state index contributed by atoms with van der Waals surface area (Å²) in [5, 5.41) is 22.0. The maximum absolute atomic E-state index is 13.8. The standard InChI is InChI=1S/C21H17FN6O4/c22-16-6-2-1-5-15(16)13-26-12-10-20(25-26)23-21(29)17-9-11-27(24-17)14-32-19-8-4-3-7-18(19)28(30)31/h1-12H,13-14H2,(H,23,25,29). The van der Waals surface area contributed by atoms with E-state index in [0.29, 0.717) is 5.56 Å². The summed E-state index contributed by atoms with van der Waals surface area (Å²) in [7, 11) is 0. The number of nitro benzene ring substituents is 1. The number of anilines is 1. The zero-order valence-electron chi connectivity index (χ0n) is 16.6. The molecule has 162 valence electrons. The van der Waals surface area contributed by atoms with Crippen LogP contribution in [-0.4, -0.2) is 30.4 Å². The van der Waals surface area contributed by atoms with Crippen molar-refractivity contribution in [3.05, 3.63) is 100 Å². The number of halogens is 1. The molecule has 0 saturated heterocycles. The second-order valence-electron chi connectivity index (χ2n) is 6.68. The topological polar surface area (TPSA) is 117 Å². The van der Waals surface area contributed by atoms with Gasteiger partial charge >= 0.3 is 5.69 Å². The van der Waals surface area contributed by atoms with E-state index in [1.54, 1.807) is 42.6 Å². The Morgan fingerprint density at radius 3 is 2.59 bits per heavy atom. The highest BCUT2D eigenvalue weighted by Gasteiger charge is 2.15. The van der Waals surface area contributed by atoms with Crippen molar-refractivity contribution in [3.8, 4) is 5.75 Å². The molecular formula is C21H17FN6O4. The highest BCUT2D eigenvalue weighted by molar-refractivity contribution is 6.02. The quantitative estimate of drug-likeness (QED) is 0.334. The predicted molar refractivity (Wildman–Crippen MR) is 112 cm³/mol. The van der Waals surface area contributed by atoms with Gasteiger partial charge in [0.1, 0.15) is 5.82 Å². The molecule has 10 nitrogen and oxygen atoms in total. The first-order chi connectivity index (χ1) is 15.5. The van der Waals surface area contributed by atoms with Crippen molar-refractivity contribution >= 4 is 17.4 Å². The Kier molecular flexibility index (Phi) is 5.88. The average Bonchev–Trinajstić information content (AvgIpc) is 3.44. The van der Waals surface area contributed by atoms with Gasteiger partial charge in [0.05, 0.1) is 11.5 Å². The number of amides is 1. The molecule has 0 unspecified atom stereocenters. The van der Waals surface area contributed by atoms with Crippen LogP contribution in [0.1, 0.15) is 16.1 Å². The molecule has 1 amide bonds. The smallest absolute Gasteiger partial charge is 0.311 e. The summed E-state index contributed by atoms with van der Waals surface area (Å²) in [6.07, 6.45) is 3.14. The lowest BCUT2D eigenvalue weighted by atomic mass is 10.2. The van der Waals surface area contributed by atoms with Crippen LogP contribution in [0.15, 0.2) is 73.1 Å². The third-order valence-corrected chi connectivity index (χ3v) is 4.46. The minimum Gasteiger partial charge on any atom is -0.464 e. The molecule has 0 radical (unpaired) electrons. The number of nitrogens with one attached hydrogen (secondary N) is 1. The van der Waals surface area contributed by atoms with Crippen LogP contribution < -0.4 is 10.1 Å². The van der Waals surface area contributed by atoms with Crippen molar-refractivity contribution in [1.82, 2.24) is 19.6 Å². The highest BCUT2D eigenvalue weighted by Crippen LogP contribution is 2.26. The van der Waals surface area contributed by atoms with Gasteiger partial charge in [-0.15, -0.1) is 0 Å². The van der Waals surface area contributed by atoms with Gasteiger partial charge in [-0.2, -0.15) is 10.2 Å². The first kappa shape index (κ1) is 20.7. The lowest BCUT2D eigenvalue weighted by molar-refractivity contribution is -0.386. The van der Waals surface area contributed by atoms with Crippen molar-refractivity contribution < 1.29 is 18.8 Å². The number of carbonyl (C=O) groups excluding carboxylic acids is 1. The van der Waals surface area contributed by atoms with E-state index in [-0.39, 0.29) is 42.0 Å². The van der Waals surface area contributed by atoms with Gasteiger partial charge in [-0.25, -0.2) is 9.07 Å². The molecule has 2 aromatic heterocycles. The maximum atomic E-state index is 13.8. The van der Waals surface area contributed by atoms with Crippen molar-refractivity contribution in [2.45, 2.75) is 13.3 Å². The van der Waals surface area contributed by atoms with Crippen molar-refractivity contribution in [3.63, 3.8) is 0 Å². The number of rotatable bonds is 8. The normalized spacial score (nSPS) is 10.7. The van der Waals surface area contributed by atoms with Crippen LogP contribution in [-0.2, 0) is 13.3 Å². The zero-order valence-corrected chi connectivity index (χ0v) is 16.6. The van der Waals surface area contributed by atoms with Gasteiger partial charge in [-0.3, -0.25) is 19.6 Å². The summed E-state index contributed by atoms with van der Waals surface area (Å²) in [6.45, 7) is 0.107. The Morgan fingerprint density at radius 1 is 1.03 bits per heavy atom. The molecular weight excluding hydrogens is 419 g/mol. The summed E-state index contributed by atoms with van der Waals surface area (Å²) >= 11 is 0. The average molecular weight is 436 g/mol. The Labute approximate surface area is 181 Å². The van der Waals surface area contributed by atoms with Crippen LogP contribution in [0.3, 0.4) is 0 Å². The number of nitrogens with zero attached hydrogens (tertiary/aromatic N) is 5. The number of carbonyl (C=O) groups is 1. The minimum atomic E-state index is -0.539. The fourth-order valence-corrected chi connectivity index (χ4v) is 2.92. The molecule has 2 heterocycles. The van der Waals surface area contributed by atoms with E-state index >= 15 is 0 Å². The number of nitro groups is 1. The fraction of sp³-hybridized carbons (Fsp3) is 0.0952. The van der Waals surface area contributed by atoms with Gasteiger partial charge in [0.15, 0.2) is 24.0 Å². The number of hydrogen-bond acceptors (Lipinski definition) is 6. The summed E-state index contributed by atoms with van der Waals surface area (Å²) in [5.74, 6) is -0.441. The summed E-state index contributed by atoms with van der Waals surface area (Å²) in [6, 6.07) is 15.4. The number of para-hydroxylation sites is 2. The molecule has 0 fully saturated rings. The number of benzene rings is 2. The molecule has 11 heteroatoms. The molecule has 2 aromatic carbocycles. The van der Waals surface area contributed by atoms with Gasteiger partial charge in [0.25, 0.3) is 5.91 Å². The van der Waals surface area contributed by atoms with Crippen LogP contribution >= 0.6 is 0 Å². The van der Waals surface area contributed by atoms with Crippen LogP contribution in [0.4, 0.5) is 15.9 Å². The molecule has 1 N–H and O–H groups in total. The molecule has 0 atom stereocenters. The van der Waals surface area contributed by atoms with E-state index in [0.717, 1.165) is 0 Å². The van der Waals surface area contributed by atoms with Crippen LogP contribution in [0.5, 0.6) is 5.75 Å². The Balaban J connectivity index is 1.36. The molecule has 4 aromatic rings. The summed E-state index contributed by atoms with van der Waals surface area (Å²) in [5.41, 5.74) is 0.425. The van der Waals surface area contributed by atoms with Crippen molar-refractivity contribution in [2.24, 2.45) is 0 Å². The third-order valence-electron chi connectivity index (χ3n) is 4.46. The largest absolute Gasteiger partial charge is 0.464 e. The number of hydrogen-bond donors (Lipinski definition) is 1. The van der Waals surface area contributed by atoms with Crippen molar-refractivity contribution in [1.29, 1.82) is 0 Å². The van der Waals surface area contributed by atoms with Crippen LogP contribution in [0, 0.1) is 15.9 Å². The maximum Gasteiger partial charge on any atom is 0.311 e. The van der Waals surface area contributed by atoms with Gasteiger partial charge in [-0.05, 0) is 18.2 Å². The Hall–Kier alpha value is -4.54. The fourth-order valence-electron chi connectivity index (χ4n) is 2.92. The molecule has 32 heavy (non-hydrogen) atoms. The molecule has 4 rings (SSSR count). The van der Waals surface area contributed by atoms with E-state index in [1.165, 1.54) is 39.8 Å². The van der Waals surface area contributed by atoms with Gasteiger partial charge in [0.2, 0.25) is 0 Å². The predicted octanol–water partition coefficient (Wildman–Crippen LogP) is 3.46. The molecule has 0 aliphatic carbocycles. The van der Waals surface area contributed by atoms with Gasteiger partial charge < -0.3 is 10.1 Å². The molecule has 0 bridgehead atoms. The minimum absolute atomic E-state index is 0.0967. The first-order valence-corrected chi connectivity index (χ1v) is 9.47. The second-order valence-corrected chi connectivity index (χ2v) is 6.68. The van der Waals surface area contributed by atoms with Gasteiger partial charge in [0, 0.05) is 30.1 Å². The monoisotopic (exact) mass is 436 g/mol. The molecule has 0 aliphatic heterocycles. The Morgan fingerprint density at radius 2 is 1.78 bits per heavy atom.